The van der Waals surface area contributed by atoms with Crippen molar-refractivity contribution in [2.45, 2.75) is 50.7 Å². The molecule has 0 aliphatic carbocycles. The standard InChI is InChI=1S/C25H29ClN4OS/c1-5-14-30-23(28-29-25(30)32-16-19-12-10-18(4)11-13-19)22(15-17(2)3)27-24(31)20-8-6-7-9-21(20)26/h5-13,17,22H,1,14-16H2,2-4H3,(H,27,31)/t22-/m0/s1. The van der Waals surface area contributed by atoms with Crippen molar-refractivity contribution in [3.63, 3.8) is 0 Å². The van der Waals surface area contributed by atoms with Gasteiger partial charge in [-0.25, -0.2) is 0 Å². The Morgan fingerprint density at radius 1 is 1.19 bits per heavy atom. The molecule has 1 atom stereocenters. The van der Waals surface area contributed by atoms with Crippen molar-refractivity contribution >= 4 is 29.3 Å². The summed E-state index contributed by atoms with van der Waals surface area (Å²) in [7, 11) is 0. The summed E-state index contributed by atoms with van der Waals surface area (Å²) in [4.78, 5) is 13.0. The molecule has 0 spiro atoms. The van der Waals surface area contributed by atoms with Crippen LogP contribution in [0.5, 0.6) is 0 Å². The molecular weight excluding hydrogens is 440 g/mol. The molecule has 5 nitrogen and oxygen atoms in total. The molecule has 0 aliphatic heterocycles. The Hall–Kier alpha value is -2.57. The van der Waals surface area contributed by atoms with Gasteiger partial charge in [-0.05, 0) is 37.0 Å². The number of amides is 1. The van der Waals surface area contributed by atoms with Crippen molar-refractivity contribution in [2.24, 2.45) is 5.92 Å². The van der Waals surface area contributed by atoms with Crippen LogP contribution in [-0.2, 0) is 12.3 Å². The molecule has 0 bridgehead atoms. The van der Waals surface area contributed by atoms with Crippen LogP contribution >= 0.6 is 23.4 Å². The average Bonchev–Trinajstić information content (AvgIpc) is 3.15. The van der Waals surface area contributed by atoms with Gasteiger partial charge >= 0.3 is 0 Å². The number of hydrogen-bond acceptors (Lipinski definition) is 4. The fraction of sp³-hybridized carbons (Fsp3) is 0.320. The number of rotatable bonds is 10. The Labute approximate surface area is 199 Å². The van der Waals surface area contributed by atoms with E-state index in [1.807, 2.05) is 16.7 Å². The van der Waals surface area contributed by atoms with Crippen LogP contribution in [0.2, 0.25) is 5.02 Å². The second-order valence-corrected chi connectivity index (χ2v) is 9.50. The predicted molar refractivity (Wildman–Crippen MR) is 132 cm³/mol. The molecule has 2 aromatic carbocycles. The Bertz CT molecular complexity index is 1060. The Balaban J connectivity index is 1.85. The molecule has 0 saturated carbocycles. The molecule has 0 unspecified atom stereocenters. The highest BCUT2D eigenvalue weighted by Gasteiger charge is 2.25. The number of nitrogens with one attached hydrogen (secondary N) is 1. The second-order valence-electron chi connectivity index (χ2n) is 8.15. The van der Waals surface area contributed by atoms with Gasteiger partial charge in [0.25, 0.3) is 5.91 Å². The Morgan fingerprint density at radius 2 is 1.91 bits per heavy atom. The highest BCUT2D eigenvalue weighted by Crippen LogP contribution is 2.28. The lowest BCUT2D eigenvalue weighted by Crippen LogP contribution is -2.31. The quantitative estimate of drug-likeness (QED) is 0.283. The van der Waals surface area contributed by atoms with Gasteiger partial charge < -0.3 is 9.88 Å². The van der Waals surface area contributed by atoms with Crippen LogP contribution in [0.4, 0.5) is 0 Å². The van der Waals surface area contributed by atoms with Crippen molar-refractivity contribution < 1.29 is 4.79 Å². The zero-order valence-corrected chi connectivity index (χ0v) is 20.3. The maximum Gasteiger partial charge on any atom is 0.253 e. The largest absolute Gasteiger partial charge is 0.342 e. The molecular formula is C25H29ClN4OS. The van der Waals surface area contributed by atoms with E-state index in [2.05, 4.69) is 67.1 Å². The minimum atomic E-state index is -0.292. The van der Waals surface area contributed by atoms with Crippen molar-refractivity contribution in [2.75, 3.05) is 0 Å². The Morgan fingerprint density at radius 3 is 2.56 bits per heavy atom. The van der Waals surface area contributed by atoms with E-state index in [0.717, 1.165) is 23.2 Å². The molecule has 0 saturated heterocycles. The van der Waals surface area contributed by atoms with E-state index in [1.54, 1.807) is 30.0 Å². The van der Waals surface area contributed by atoms with E-state index < -0.39 is 0 Å². The van der Waals surface area contributed by atoms with Gasteiger partial charge in [0.15, 0.2) is 11.0 Å². The molecule has 1 amide bonds. The monoisotopic (exact) mass is 468 g/mol. The summed E-state index contributed by atoms with van der Waals surface area (Å²) in [5, 5.41) is 13.3. The molecule has 1 N–H and O–H groups in total. The first kappa shape index (κ1) is 24.1. The molecule has 3 rings (SSSR count). The summed E-state index contributed by atoms with van der Waals surface area (Å²) in [5.74, 6) is 1.65. The topological polar surface area (TPSA) is 59.8 Å². The van der Waals surface area contributed by atoms with Gasteiger partial charge in [0.1, 0.15) is 0 Å². The molecule has 0 radical (unpaired) electrons. The molecule has 0 aliphatic rings. The smallest absolute Gasteiger partial charge is 0.253 e. The van der Waals surface area contributed by atoms with E-state index in [1.165, 1.54) is 11.1 Å². The lowest BCUT2D eigenvalue weighted by molar-refractivity contribution is 0.0929. The summed E-state index contributed by atoms with van der Waals surface area (Å²) in [5.41, 5.74) is 2.91. The third-order valence-corrected chi connectivity index (χ3v) is 6.36. The summed E-state index contributed by atoms with van der Waals surface area (Å²) < 4.78 is 2.03. The molecule has 1 aromatic heterocycles. The summed E-state index contributed by atoms with van der Waals surface area (Å²) in [6.45, 7) is 10.8. The van der Waals surface area contributed by atoms with Gasteiger partial charge in [-0.15, -0.1) is 16.8 Å². The number of aryl methyl sites for hydroxylation is 1. The first-order chi connectivity index (χ1) is 15.4. The minimum absolute atomic E-state index is 0.219. The van der Waals surface area contributed by atoms with Crippen molar-refractivity contribution in [3.8, 4) is 0 Å². The lowest BCUT2D eigenvalue weighted by atomic mass is 10.0. The molecule has 0 fully saturated rings. The maximum atomic E-state index is 13.0. The van der Waals surface area contributed by atoms with Crippen LogP contribution in [0.25, 0.3) is 0 Å². The summed E-state index contributed by atoms with van der Waals surface area (Å²) >= 11 is 7.87. The Kier molecular flexibility index (Phi) is 8.53. The van der Waals surface area contributed by atoms with Gasteiger partial charge in [0.2, 0.25) is 0 Å². The van der Waals surface area contributed by atoms with E-state index >= 15 is 0 Å². The van der Waals surface area contributed by atoms with Gasteiger partial charge in [0, 0.05) is 12.3 Å². The zero-order chi connectivity index (χ0) is 23.1. The van der Waals surface area contributed by atoms with Gasteiger partial charge in [-0.1, -0.05) is 85.2 Å². The number of carbonyl (C=O) groups is 1. The number of nitrogens with zero attached hydrogens (tertiary/aromatic N) is 3. The van der Waals surface area contributed by atoms with Gasteiger partial charge in [0.05, 0.1) is 16.6 Å². The number of carbonyl (C=O) groups excluding carboxylic acids is 1. The van der Waals surface area contributed by atoms with Crippen LogP contribution in [-0.4, -0.2) is 20.7 Å². The highest BCUT2D eigenvalue weighted by atomic mass is 35.5. The van der Waals surface area contributed by atoms with Gasteiger partial charge in [-0.2, -0.15) is 0 Å². The predicted octanol–water partition coefficient (Wildman–Crippen LogP) is 6.24. The first-order valence-electron chi connectivity index (χ1n) is 10.7. The van der Waals surface area contributed by atoms with Crippen LogP contribution in [0.1, 0.15) is 53.6 Å². The van der Waals surface area contributed by atoms with Crippen molar-refractivity contribution in [1.29, 1.82) is 0 Å². The first-order valence-corrected chi connectivity index (χ1v) is 12.0. The van der Waals surface area contributed by atoms with E-state index in [-0.39, 0.29) is 11.9 Å². The molecule has 168 valence electrons. The molecule has 3 aromatic rings. The van der Waals surface area contributed by atoms with E-state index in [9.17, 15) is 4.79 Å². The van der Waals surface area contributed by atoms with Crippen molar-refractivity contribution in [3.05, 3.63) is 88.7 Å². The molecule has 7 heteroatoms. The third kappa shape index (κ3) is 6.24. The van der Waals surface area contributed by atoms with E-state index in [0.29, 0.717) is 23.0 Å². The normalized spacial score (nSPS) is 12.0. The average molecular weight is 469 g/mol. The maximum absolute atomic E-state index is 13.0. The van der Waals surface area contributed by atoms with Crippen LogP contribution < -0.4 is 5.32 Å². The second kappa shape index (κ2) is 11.3. The SMILES string of the molecule is C=CCn1c(SCc2ccc(C)cc2)nnc1[C@H](CC(C)C)NC(=O)c1ccccc1Cl. The van der Waals surface area contributed by atoms with Gasteiger partial charge in [-0.3, -0.25) is 4.79 Å². The number of thioether (sulfide) groups is 1. The lowest BCUT2D eigenvalue weighted by Gasteiger charge is -2.21. The number of allylic oxidation sites excluding steroid dienone is 1. The third-order valence-electron chi connectivity index (χ3n) is 4.99. The number of aromatic nitrogens is 3. The number of benzene rings is 2. The summed E-state index contributed by atoms with van der Waals surface area (Å²) in [6, 6.07) is 15.2. The fourth-order valence-electron chi connectivity index (χ4n) is 3.38. The number of hydrogen-bond donors (Lipinski definition) is 1. The molecule has 1 heterocycles. The van der Waals surface area contributed by atoms with Crippen molar-refractivity contribution in [1.82, 2.24) is 20.1 Å². The van der Waals surface area contributed by atoms with Crippen LogP contribution in [0.15, 0.2) is 66.3 Å². The van der Waals surface area contributed by atoms with Crippen LogP contribution in [0.3, 0.4) is 0 Å². The highest BCUT2D eigenvalue weighted by molar-refractivity contribution is 7.98. The van der Waals surface area contributed by atoms with Crippen LogP contribution in [0, 0.1) is 12.8 Å². The fourth-order valence-corrected chi connectivity index (χ4v) is 4.51. The number of halogens is 1. The zero-order valence-electron chi connectivity index (χ0n) is 18.7. The minimum Gasteiger partial charge on any atom is -0.342 e. The molecule has 32 heavy (non-hydrogen) atoms. The van der Waals surface area contributed by atoms with E-state index in [4.69, 9.17) is 11.6 Å². The summed E-state index contributed by atoms with van der Waals surface area (Å²) in [6.07, 6.45) is 2.55.